The predicted molar refractivity (Wildman–Crippen MR) is 110 cm³/mol. The molecule has 1 N–H and O–H groups in total. The summed E-state index contributed by atoms with van der Waals surface area (Å²) in [7, 11) is 1.01. The lowest BCUT2D eigenvalue weighted by Gasteiger charge is -2.42. The van der Waals surface area contributed by atoms with Gasteiger partial charge in [0.25, 0.3) is 5.54 Å². The minimum atomic E-state index is -5.86. The molecular formula is C23H26F7N3O. The highest BCUT2D eigenvalue weighted by atomic mass is 19.4. The number of hydrogen-bond donors (Lipinski definition) is 1. The van der Waals surface area contributed by atoms with Crippen LogP contribution in [-0.2, 0) is 4.79 Å². The van der Waals surface area contributed by atoms with Gasteiger partial charge in [-0.3, -0.25) is 4.79 Å². The Hall–Kier alpha value is -2.33. The minimum absolute atomic E-state index is 0.133. The van der Waals surface area contributed by atoms with Gasteiger partial charge in [0.2, 0.25) is 5.91 Å². The fraction of sp³-hybridized carbons (Fsp3) is 0.652. The van der Waals surface area contributed by atoms with Crippen molar-refractivity contribution in [2.75, 3.05) is 7.05 Å². The van der Waals surface area contributed by atoms with Gasteiger partial charge in [-0.1, -0.05) is 20.8 Å². The number of nitrogens with one attached hydrogen (secondary N) is 1. The summed E-state index contributed by atoms with van der Waals surface area (Å²) in [6, 6.07) is 3.93. The van der Waals surface area contributed by atoms with Crippen molar-refractivity contribution in [3.63, 3.8) is 0 Å². The second-order valence-corrected chi connectivity index (χ2v) is 10.4. The molecule has 1 aromatic rings. The smallest absolute Gasteiger partial charge is 0.336 e. The quantitative estimate of drug-likeness (QED) is 0.582. The zero-order valence-corrected chi connectivity index (χ0v) is 19.1. The number of fused-ring (bicyclic) bond motifs is 2. The van der Waals surface area contributed by atoms with Gasteiger partial charge in [-0.05, 0) is 60.3 Å². The van der Waals surface area contributed by atoms with E-state index < -0.39 is 53.0 Å². The highest BCUT2D eigenvalue weighted by Gasteiger charge is 2.79. The van der Waals surface area contributed by atoms with Crippen LogP contribution in [0.2, 0.25) is 0 Å². The topological polar surface area (TPSA) is 44.7 Å². The summed E-state index contributed by atoms with van der Waals surface area (Å²) in [5, 5.41) is 2.09. The predicted octanol–water partition coefficient (Wildman–Crippen LogP) is 5.29. The van der Waals surface area contributed by atoms with E-state index in [0.717, 1.165) is 37.7 Å². The third-order valence-corrected chi connectivity index (χ3v) is 8.76. The van der Waals surface area contributed by atoms with Crippen molar-refractivity contribution < 1.29 is 35.5 Å². The van der Waals surface area contributed by atoms with E-state index in [1.54, 1.807) is 0 Å². The molecule has 2 bridgehead atoms. The number of amidine groups is 1. The van der Waals surface area contributed by atoms with Gasteiger partial charge in [0, 0.05) is 18.5 Å². The second kappa shape index (κ2) is 7.34. The number of nitrogens with zero attached hydrogens (tertiary/aromatic N) is 2. The summed E-state index contributed by atoms with van der Waals surface area (Å²) in [5.74, 6) is -2.75. The first kappa shape index (κ1) is 24.8. The number of hydrogen-bond acceptors (Lipinski definition) is 3. The first-order valence-corrected chi connectivity index (χ1v) is 11.0. The van der Waals surface area contributed by atoms with E-state index in [2.05, 4.69) is 10.3 Å². The average Bonchev–Trinajstić information content (AvgIpc) is 3.21. The van der Waals surface area contributed by atoms with E-state index in [-0.39, 0.29) is 16.9 Å². The number of benzene rings is 1. The third-order valence-electron chi connectivity index (χ3n) is 8.76. The largest absolute Gasteiger partial charge is 0.426 e. The molecule has 0 saturated heterocycles. The summed E-state index contributed by atoms with van der Waals surface area (Å²) >= 11 is 0. The van der Waals surface area contributed by atoms with E-state index >= 15 is 0 Å². The van der Waals surface area contributed by atoms with Crippen LogP contribution in [0.25, 0.3) is 0 Å². The fourth-order valence-corrected chi connectivity index (χ4v) is 6.21. The van der Waals surface area contributed by atoms with Crippen LogP contribution in [0, 0.1) is 28.5 Å². The molecule has 2 aliphatic carbocycles. The van der Waals surface area contributed by atoms with Crippen LogP contribution in [0.5, 0.6) is 0 Å². The molecule has 2 fully saturated rings. The molecule has 1 amide bonds. The average molecular weight is 493 g/mol. The first-order chi connectivity index (χ1) is 15.5. The van der Waals surface area contributed by atoms with E-state index in [1.165, 1.54) is 0 Å². The molecule has 0 radical (unpaired) electrons. The lowest BCUT2D eigenvalue weighted by molar-refractivity contribution is -0.305. The maximum Gasteiger partial charge on any atom is 0.426 e. The van der Waals surface area contributed by atoms with Gasteiger partial charge in [-0.2, -0.15) is 26.3 Å². The maximum atomic E-state index is 14.2. The number of aliphatic imine (C=N–C) groups is 1. The van der Waals surface area contributed by atoms with Crippen molar-refractivity contribution in [2.45, 2.75) is 64.1 Å². The van der Waals surface area contributed by atoms with Crippen molar-refractivity contribution in [3.05, 3.63) is 35.6 Å². The Morgan fingerprint density at radius 1 is 1.06 bits per heavy atom. The van der Waals surface area contributed by atoms with Gasteiger partial charge < -0.3 is 10.2 Å². The van der Waals surface area contributed by atoms with Gasteiger partial charge in [-0.15, -0.1) is 0 Å². The van der Waals surface area contributed by atoms with Crippen LogP contribution in [0.3, 0.4) is 0 Å². The van der Waals surface area contributed by atoms with E-state index in [9.17, 15) is 35.5 Å². The van der Waals surface area contributed by atoms with Gasteiger partial charge in [0.15, 0.2) is 0 Å². The standard InChI is InChI=1S/C23H26F7N3O/c1-19(2)13-9-10-20(19,3)15(11-13)17(34)31-18-21(22(25,26)27,23(28,29)30)32-16(33(18)4)12-5-7-14(24)8-6-12/h5-8,13,15,18H,9-11H2,1-4H3,(H,31,34). The molecule has 2 saturated carbocycles. The van der Waals surface area contributed by atoms with Crippen molar-refractivity contribution >= 4 is 11.7 Å². The van der Waals surface area contributed by atoms with Crippen LogP contribution in [0.1, 0.15) is 45.6 Å². The summed E-state index contributed by atoms with van der Waals surface area (Å²) in [6.07, 6.45) is -12.3. The van der Waals surface area contributed by atoms with Crippen LogP contribution in [-0.4, -0.2) is 47.7 Å². The Morgan fingerprint density at radius 2 is 1.62 bits per heavy atom. The number of carbonyl (C=O) groups excluding carboxylic acids is 1. The highest BCUT2D eigenvalue weighted by molar-refractivity contribution is 6.01. The number of amides is 1. The molecule has 0 spiro atoms. The normalized spacial score (nSPS) is 32.1. The molecule has 11 heteroatoms. The zero-order valence-electron chi connectivity index (χ0n) is 19.1. The lowest BCUT2D eigenvalue weighted by Crippen LogP contribution is -2.69. The van der Waals surface area contributed by atoms with Gasteiger partial charge in [-0.25, -0.2) is 9.38 Å². The van der Waals surface area contributed by atoms with E-state index in [1.807, 2.05) is 20.8 Å². The Labute approximate surface area is 192 Å². The number of halogens is 7. The van der Waals surface area contributed by atoms with Crippen LogP contribution in [0.15, 0.2) is 29.3 Å². The van der Waals surface area contributed by atoms with Gasteiger partial charge in [0.1, 0.15) is 17.8 Å². The third kappa shape index (κ3) is 3.17. The van der Waals surface area contributed by atoms with Gasteiger partial charge in [0.05, 0.1) is 0 Å². The fourth-order valence-electron chi connectivity index (χ4n) is 6.21. The van der Waals surface area contributed by atoms with Crippen molar-refractivity contribution in [1.82, 2.24) is 10.2 Å². The van der Waals surface area contributed by atoms with Crippen molar-refractivity contribution in [3.8, 4) is 0 Å². The minimum Gasteiger partial charge on any atom is -0.336 e. The van der Waals surface area contributed by atoms with E-state index in [0.29, 0.717) is 17.7 Å². The molecule has 1 aliphatic heterocycles. The molecule has 0 aromatic heterocycles. The molecule has 1 aromatic carbocycles. The number of carbonyl (C=O) groups is 1. The Balaban J connectivity index is 1.76. The maximum absolute atomic E-state index is 14.2. The molecule has 34 heavy (non-hydrogen) atoms. The van der Waals surface area contributed by atoms with Crippen LogP contribution < -0.4 is 5.32 Å². The zero-order chi connectivity index (χ0) is 25.5. The summed E-state index contributed by atoms with van der Waals surface area (Å²) < 4.78 is 98.5. The molecule has 188 valence electrons. The lowest BCUT2D eigenvalue weighted by atomic mass is 9.66. The highest BCUT2D eigenvalue weighted by Crippen LogP contribution is 2.68. The molecule has 4 nitrogen and oxygen atoms in total. The van der Waals surface area contributed by atoms with Crippen LogP contribution >= 0.6 is 0 Å². The number of alkyl halides is 6. The van der Waals surface area contributed by atoms with Gasteiger partial charge >= 0.3 is 12.4 Å². The molecule has 1 heterocycles. The summed E-state index contributed by atoms with van der Waals surface area (Å²) in [6.45, 7) is 5.86. The second-order valence-electron chi connectivity index (χ2n) is 10.4. The summed E-state index contributed by atoms with van der Waals surface area (Å²) in [5.41, 5.74) is -5.52. The molecule has 4 atom stereocenters. The van der Waals surface area contributed by atoms with E-state index in [4.69, 9.17) is 0 Å². The SMILES string of the molecule is CN1C(c2ccc(F)cc2)=NC(C(F)(F)F)(C(F)(F)F)C1NC(=O)C1CC2CCC1(C)C2(C)C. The van der Waals surface area contributed by atoms with Crippen molar-refractivity contribution in [2.24, 2.45) is 27.7 Å². The number of likely N-dealkylation sites (N-methyl/N-ethyl adjacent to an activating group) is 1. The summed E-state index contributed by atoms with van der Waals surface area (Å²) in [4.78, 5) is 17.1. The molecule has 4 unspecified atom stereocenters. The molecular weight excluding hydrogens is 467 g/mol. The number of rotatable bonds is 3. The van der Waals surface area contributed by atoms with Crippen LogP contribution in [0.4, 0.5) is 30.7 Å². The monoisotopic (exact) mass is 493 g/mol. The Bertz CT molecular complexity index is 1000. The Kier molecular flexibility index (Phi) is 5.35. The first-order valence-electron chi connectivity index (χ1n) is 11.0. The molecule has 3 aliphatic rings. The van der Waals surface area contributed by atoms with Crippen molar-refractivity contribution in [1.29, 1.82) is 0 Å². The Morgan fingerprint density at radius 3 is 2.06 bits per heavy atom. The molecule has 4 rings (SSSR count).